The largest absolute Gasteiger partial charge is 0.399 e. The second-order valence-electron chi connectivity index (χ2n) is 12.3. The van der Waals surface area contributed by atoms with Crippen molar-refractivity contribution in [1.29, 1.82) is 0 Å². The van der Waals surface area contributed by atoms with Crippen molar-refractivity contribution in [2.45, 2.75) is 0 Å². The van der Waals surface area contributed by atoms with Crippen LogP contribution in [0.1, 0.15) is 22.3 Å². The highest BCUT2D eigenvalue weighted by atomic mass is 14.9. The maximum absolute atomic E-state index is 6.33. The second kappa shape index (κ2) is 12.0. The molecular formula is C44H30N6. The van der Waals surface area contributed by atoms with Crippen LogP contribution >= 0.6 is 0 Å². The first kappa shape index (κ1) is 29.2. The van der Waals surface area contributed by atoms with Crippen molar-refractivity contribution in [1.82, 2.24) is 0 Å². The molecule has 4 aromatic carbocycles. The van der Waals surface area contributed by atoms with Crippen LogP contribution in [-0.2, 0) is 0 Å². The maximum atomic E-state index is 6.33. The molecular weight excluding hydrogens is 613 g/mol. The lowest BCUT2D eigenvalue weighted by Crippen LogP contribution is -2.04. The highest BCUT2D eigenvalue weighted by Gasteiger charge is 2.27. The van der Waals surface area contributed by atoms with Gasteiger partial charge in [-0.1, -0.05) is 84.9 Å². The number of anilines is 2. The Morgan fingerprint density at radius 3 is 0.920 bits per heavy atom. The van der Waals surface area contributed by atoms with E-state index in [-0.39, 0.29) is 0 Å². The molecule has 4 N–H and O–H groups in total. The summed E-state index contributed by atoms with van der Waals surface area (Å²) in [4.78, 5) is 21.2. The molecule has 5 aliphatic heterocycles. The van der Waals surface area contributed by atoms with E-state index in [4.69, 9.17) is 31.4 Å². The monoisotopic (exact) mass is 642 g/mol. The van der Waals surface area contributed by atoms with Crippen LogP contribution in [0.5, 0.6) is 0 Å². The molecule has 236 valence electrons. The van der Waals surface area contributed by atoms with Crippen LogP contribution in [0.4, 0.5) is 11.4 Å². The van der Waals surface area contributed by atoms with Crippen molar-refractivity contribution >= 4 is 56.5 Å². The Morgan fingerprint density at radius 1 is 0.300 bits per heavy atom. The van der Waals surface area contributed by atoms with Crippen LogP contribution in [-0.4, -0.2) is 22.8 Å². The van der Waals surface area contributed by atoms with Gasteiger partial charge in [0.15, 0.2) is 0 Å². The van der Waals surface area contributed by atoms with Gasteiger partial charge in [0, 0.05) is 33.7 Å². The number of nitrogens with zero attached hydrogens (tertiary/aromatic N) is 4. The van der Waals surface area contributed by atoms with Crippen LogP contribution in [0.2, 0.25) is 0 Å². The number of nitrogen functional groups attached to an aromatic ring is 2. The number of rotatable bonds is 4. The molecule has 0 radical (unpaired) electrons. The number of benzene rings is 4. The lowest BCUT2D eigenvalue weighted by atomic mass is 9.98. The van der Waals surface area contributed by atoms with Gasteiger partial charge < -0.3 is 11.5 Å². The van der Waals surface area contributed by atoms with Crippen LogP contribution < -0.4 is 11.5 Å². The van der Waals surface area contributed by atoms with Crippen molar-refractivity contribution in [2.24, 2.45) is 20.0 Å². The first-order valence-corrected chi connectivity index (χ1v) is 16.5. The molecule has 0 fully saturated rings. The van der Waals surface area contributed by atoms with Gasteiger partial charge in [-0.3, -0.25) is 0 Å². The van der Waals surface area contributed by atoms with E-state index < -0.39 is 0 Å². The van der Waals surface area contributed by atoms with Crippen molar-refractivity contribution in [3.63, 3.8) is 0 Å². The number of hydrogen-bond donors (Lipinski definition) is 2. The van der Waals surface area contributed by atoms with Gasteiger partial charge in [0.2, 0.25) is 0 Å². The van der Waals surface area contributed by atoms with Crippen molar-refractivity contribution in [2.75, 3.05) is 11.5 Å². The number of nitrogens with two attached hydrogens (primary N) is 2. The molecule has 8 bridgehead atoms. The number of fused-ring (bicyclic) bond motifs is 4. The highest BCUT2D eigenvalue weighted by Crippen LogP contribution is 2.38. The summed E-state index contributed by atoms with van der Waals surface area (Å²) >= 11 is 0. The molecule has 0 aromatic heterocycles. The molecule has 0 saturated heterocycles. The molecule has 9 rings (SSSR count). The van der Waals surface area contributed by atoms with Crippen molar-refractivity contribution in [3.05, 3.63) is 203 Å². The molecule has 0 amide bonds. The SMILES string of the molecule is Nc1cccc(C2=C3C=CC(=N3)C(c3ccccc3)=C3C=CC(=N3)C(c3cccc(N)c3)=C3C=CC(=N3)C(c3ccccc3)=C3C=CC2=N3)c1. The van der Waals surface area contributed by atoms with Gasteiger partial charge in [-0.25, -0.2) is 20.0 Å². The van der Waals surface area contributed by atoms with Gasteiger partial charge in [0.25, 0.3) is 0 Å². The summed E-state index contributed by atoms with van der Waals surface area (Å²) < 4.78 is 0. The van der Waals surface area contributed by atoms with Gasteiger partial charge in [0.05, 0.1) is 45.6 Å². The fourth-order valence-electron chi connectivity index (χ4n) is 6.87. The minimum atomic E-state index is 0.669. The zero-order valence-corrected chi connectivity index (χ0v) is 27.0. The van der Waals surface area contributed by atoms with E-state index in [1.807, 2.05) is 72.8 Å². The van der Waals surface area contributed by atoms with Crippen molar-refractivity contribution in [3.8, 4) is 0 Å². The van der Waals surface area contributed by atoms with E-state index in [0.29, 0.717) is 11.4 Å². The quantitative estimate of drug-likeness (QED) is 0.217. The Kier molecular flexibility index (Phi) is 6.99. The molecule has 6 heteroatoms. The van der Waals surface area contributed by atoms with Crippen LogP contribution in [0, 0.1) is 0 Å². The third-order valence-corrected chi connectivity index (χ3v) is 9.08. The predicted octanol–water partition coefficient (Wildman–Crippen LogP) is 8.85. The molecule has 0 spiro atoms. The van der Waals surface area contributed by atoms with Crippen LogP contribution in [0.25, 0.3) is 22.3 Å². The van der Waals surface area contributed by atoms with Crippen LogP contribution in [0.15, 0.2) is 201 Å². The Labute approximate surface area is 290 Å². The number of hydrogen-bond acceptors (Lipinski definition) is 6. The van der Waals surface area contributed by atoms with Gasteiger partial charge in [-0.2, -0.15) is 0 Å². The van der Waals surface area contributed by atoms with E-state index in [1.165, 1.54) is 0 Å². The number of allylic oxidation sites excluding steroid dienone is 12. The van der Waals surface area contributed by atoms with E-state index in [2.05, 4.69) is 85.0 Å². The Morgan fingerprint density at radius 2 is 0.600 bits per heavy atom. The van der Waals surface area contributed by atoms with E-state index in [9.17, 15) is 0 Å². The van der Waals surface area contributed by atoms with Gasteiger partial charge in [-0.15, -0.1) is 0 Å². The molecule has 4 aromatic rings. The second-order valence-corrected chi connectivity index (χ2v) is 12.3. The summed E-state index contributed by atoms with van der Waals surface area (Å²) in [5, 5.41) is 0. The average molecular weight is 643 g/mol. The van der Waals surface area contributed by atoms with E-state index >= 15 is 0 Å². The van der Waals surface area contributed by atoms with Gasteiger partial charge in [0.1, 0.15) is 0 Å². The van der Waals surface area contributed by atoms with Crippen LogP contribution in [0.3, 0.4) is 0 Å². The minimum absolute atomic E-state index is 0.669. The number of aliphatic imine (C=N–C) groups is 4. The van der Waals surface area contributed by atoms with E-state index in [0.717, 1.165) is 90.2 Å². The summed E-state index contributed by atoms with van der Waals surface area (Å²) in [5.41, 5.74) is 28.0. The zero-order valence-electron chi connectivity index (χ0n) is 27.0. The predicted molar refractivity (Wildman–Crippen MR) is 209 cm³/mol. The molecule has 0 aliphatic carbocycles. The summed E-state index contributed by atoms with van der Waals surface area (Å²) in [7, 11) is 0. The van der Waals surface area contributed by atoms with Gasteiger partial charge in [-0.05, 0) is 95.1 Å². The lowest BCUT2D eigenvalue weighted by Gasteiger charge is -2.13. The Hall–Kier alpha value is -6.92. The van der Waals surface area contributed by atoms with Gasteiger partial charge >= 0.3 is 0 Å². The van der Waals surface area contributed by atoms with Crippen molar-refractivity contribution < 1.29 is 0 Å². The maximum Gasteiger partial charge on any atom is 0.0738 e. The third-order valence-electron chi connectivity index (χ3n) is 9.08. The summed E-state index contributed by atoms with van der Waals surface area (Å²) in [6.45, 7) is 0. The first-order valence-electron chi connectivity index (χ1n) is 16.5. The smallest absolute Gasteiger partial charge is 0.0738 e. The molecule has 5 heterocycles. The molecule has 5 aliphatic rings. The third kappa shape index (κ3) is 5.16. The highest BCUT2D eigenvalue weighted by molar-refractivity contribution is 6.39. The molecule has 50 heavy (non-hydrogen) atoms. The lowest BCUT2D eigenvalue weighted by molar-refractivity contribution is 1.41. The molecule has 0 atom stereocenters. The van der Waals surface area contributed by atoms with E-state index in [1.54, 1.807) is 0 Å². The average Bonchev–Trinajstić information content (AvgIpc) is 3.97. The molecule has 6 nitrogen and oxygen atoms in total. The Bertz CT molecular complexity index is 2330. The molecule has 0 saturated carbocycles. The standard InChI is InChI=1S/C44H30N6/c45-31-15-7-13-29(25-31)43-37-21-17-33(47-37)41(27-9-3-1-4-10-27)34-18-22-38(48-34)44(30-14-8-16-32(46)26-30)40-24-20-36(50-40)42(28-11-5-2-6-12-28)35-19-23-39(43)49-35/h1-26H,45-46H2. The summed E-state index contributed by atoms with van der Waals surface area (Å²) in [5.74, 6) is 0. The fraction of sp³-hybridized carbons (Fsp3) is 0. The topological polar surface area (TPSA) is 101 Å². The summed E-state index contributed by atoms with van der Waals surface area (Å²) in [6.07, 6.45) is 16.5. The first-order chi connectivity index (χ1) is 24.6. The minimum Gasteiger partial charge on any atom is -0.399 e. The fourth-order valence-corrected chi connectivity index (χ4v) is 6.87. The normalized spacial score (nSPS) is 17.6. The zero-order chi connectivity index (χ0) is 33.6. The summed E-state index contributed by atoms with van der Waals surface area (Å²) in [6, 6.07) is 36.3. The Balaban J connectivity index is 1.38. The molecule has 0 unspecified atom stereocenters.